The van der Waals surface area contributed by atoms with Gasteiger partial charge in [-0.2, -0.15) is 0 Å². The van der Waals surface area contributed by atoms with Gasteiger partial charge in [-0.15, -0.1) is 0 Å². The molecule has 3 N–H and O–H groups in total. The number of phosphoric ester groups is 1. The second-order valence-electron chi connectivity index (χ2n) is 8.90. The van der Waals surface area contributed by atoms with Gasteiger partial charge in [0.1, 0.15) is 6.10 Å². The van der Waals surface area contributed by atoms with E-state index in [1.54, 1.807) is 0 Å². The Morgan fingerprint density at radius 3 is 1.67 bits per heavy atom. The lowest BCUT2D eigenvalue weighted by molar-refractivity contribution is -0.0443. The van der Waals surface area contributed by atoms with Crippen LogP contribution >= 0.6 is 7.82 Å². The molecule has 0 aromatic carbocycles. The van der Waals surface area contributed by atoms with Crippen molar-refractivity contribution in [1.29, 1.82) is 0 Å². The largest absolute Gasteiger partial charge is 0.472 e. The van der Waals surface area contributed by atoms with Crippen molar-refractivity contribution in [1.82, 2.24) is 0 Å². The molecule has 7 nitrogen and oxygen atoms in total. The van der Waals surface area contributed by atoms with Gasteiger partial charge in [0.15, 0.2) is 0 Å². The molecule has 0 bridgehead atoms. The summed E-state index contributed by atoms with van der Waals surface area (Å²) in [6.45, 7) is 6.20. The summed E-state index contributed by atoms with van der Waals surface area (Å²) in [5, 5.41) is 0. The highest BCUT2D eigenvalue weighted by molar-refractivity contribution is 7.47. The van der Waals surface area contributed by atoms with Gasteiger partial charge in [-0.05, 0) is 12.8 Å². The van der Waals surface area contributed by atoms with E-state index in [1.165, 1.54) is 83.5 Å². The van der Waals surface area contributed by atoms with Crippen LogP contribution in [0.4, 0.5) is 0 Å². The summed E-state index contributed by atoms with van der Waals surface area (Å²) in [6.07, 6.45) is 19.5. The Labute approximate surface area is 204 Å². The molecule has 0 radical (unpaired) electrons. The molecule has 200 valence electrons. The molecule has 0 aromatic heterocycles. The first-order valence-corrected chi connectivity index (χ1v) is 15.1. The van der Waals surface area contributed by atoms with Gasteiger partial charge >= 0.3 is 7.82 Å². The summed E-state index contributed by atoms with van der Waals surface area (Å²) in [5.41, 5.74) is 5.32. The molecular weight excluding hydrogens is 441 g/mol. The number of nitrogens with two attached hydrogens (primary N) is 1. The van der Waals surface area contributed by atoms with Gasteiger partial charge < -0.3 is 20.1 Å². The minimum absolute atomic E-state index is 0.0213. The van der Waals surface area contributed by atoms with Crippen molar-refractivity contribution in [3.05, 3.63) is 0 Å². The number of hydrogen-bond acceptors (Lipinski definition) is 6. The van der Waals surface area contributed by atoms with E-state index in [0.29, 0.717) is 19.8 Å². The molecule has 0 rings (SSSR count). The van der Waals surface area contributed by atoms with Gasteiger partial charge in [0.05, 0.1) is 19.8 Å². The molecule has 8 heteroatoms. The lowest BCUT2D eigenvalue weighted by atomic mass is 10.1. The van der Waals surface area contributed by atoms with Crippen molar-refractivity contribution in [3.8, 4) is 0 Å². The van der Waals surface area contributed by atoms with Crippen molar-refractivity contribution in [2.24, 2.45) is 5.73 Å². The predicted molar refractivity (Wildman–Crippen MR) is 137 cm³/mol. The summed E-state index contributed by atoms with van der Waals surface area (Å²) in [4.78, 5) is 9.73. The van der Waals surface area contributed by atoms with E-state index in [-0.39, 0.29) is 25.9 Å². The molecule has 0 aliphatic heterocycles. The van der Waals surface area contributed by atoms with E-state index in [2.05, 4.69) is 13.8 Å². The van der Waals surface area contributed by atoms with Gasteiger partial charge in [0.2, 0.25) is 0 Å². The van der Waals surface area contributed by atoms with Crippen LogP contribution in [0.25, 0.3) is 0 Å². The molecule has 0 aliphatic carbocycles. The van der Waals surface area contributed by atoms with E-state index >= 15 is 0 Å². The maximum atomic E-state index is 11.9. The Morgan fingerprint density at radius 2 is 1.15 bits per heavy atom. The first-order valence-electron chi connectivity index (χ1n) is 13.6. The monoisotopic (exact) mass is 495 g/mol. The Kier molecular flexibility index (Phi) is 25.1. The fourth-order valence-electron chi connectivity index (χ4n) is 3.57. The first-order chi connectivity index (χ1) is 16.1. The third-order valence-corrected chi connectivity index (χ3v) is 6.58. The van der Waals surface area contributed by atoms with Gasteiger partial charge in [0, 0.05) is 19.8 Å². The number of phosphoric acid groups is 1. The van der Waals surface area contributed by atoms with Crippen LogP contribution in [-0.2, 0) is 23.1 Å². The number of ether oxygens (including phenoxy) is 2. The highest BCUT2D eigenvalue weighted by atomic mass is 31.2. The van der Waals surface area contributed by atoms with Crippen LogP contribution in [0, 0.1) is 0 Å². The lowest BCUT2D eigenvalue weighted by Crippen LogP contribution is -2.26. The third kappa shape index (κ3) is 24.9. The van der Waals surface area contributed by atoms with Gasteiger partial charge in [-0.3, -0.25) is 9.05 Å². The molecule has 0 spiro atoms. The van der Waals surface area contributed by atoms with Crippen LogP contribution in [-0.4, -0.2) is 50.6 Å². The smallest absolute Gasteiger partial charge is 0.379 e. The van der Waals surface area contributed by atoms with Gasteiger partial charge in [-0.1, -0.05) is 104 Å². The molecule has 0 aliphatic rings. The molecule has 0 fully saturated rings. The van der Waals surface area contributed by atoms with Gasteiger partial charge in [-0.25, -0.2) is 4.57 Å². The lowest BCUT2D eigenvalue weighted by Gasteiger charge is -2.20. The predicted octanol–water partition coefficient (Wildman–Crippen LogP) is 6.76. The van der Waals surface area contributed by atoms with E-state index in [9.17, 15) is 9.46 Å². The van der Waals surface area contributed by atoms with E-state index in [4.69, 9.17) is 24.3 Å². The molecule has 2 unspecified atom stereocenters. The fourth-order valence-corrected chi connectivity index (χ4v) is 4.33. The van der Waals surface area contributed by atoms with Crippen molar-refractivity contribution in [2.75, 3.05) is 39.6 Å². The van der Waals surface area contributed by atoms with Crippen LogP contribution in [0.2, 0.25) is 0 Å². The molecule has 33 heavy (non-hydrogen) atoms. The maximum Gasteiger partial charge on any atom is 0.472 e. The highest BCUT2D eigenvalue weighted by Gasteiger charge is 2.23. The minimum atomic E-state index is -4.11. The molecule has 0 saturated heterocycles. The standard InChI is InChI=1S/C25H54NO6P/c1-3-5-7-9-11-13-15-17-20-29-23-25(24-32-33(27,28)31-22-19-26)30-21-18-16-14-12-10-8-6-4-2/h25H,3-24,26H2,1-2H3,(H,27,28). The summed E-state index contributed by atoms with van der Waals surface area (Å²) in [7, 11) is -4.11. The third-order valence-electron chi connectivity index (χ3n) is 5.59. The number of unbranched alkanes of at least 4 members (excludes halogenated alkanes) is 14. The minimum Gasteiger partial charge on any atom is -0.379 e. The molecule has 0 amide bonds. The molecule has 0 aromatic rings. The molecule has 0 heterocycles. The summed E-state index contributed by atoms with van der Waals surface area (Å²) in [6, 6.07) is 0. The summed E-state index contributed by atoms with van der Waals surface area (Å²) < 4.78 is 33.5. The van der Waals surface area contributed by atoms with Crippen molar-refractivity contribution < 1.29 is 28.0 Å². The summed E-state index contributed by atoms with van der Waals surface area (Å²) in [5.74, 6) is 0. The Morgan fingerprint density at radius 1 is 0.667 bits per heavy atom. The van der Waals surface area contributed by atoms with Crippen LogP contribution in [0.15, 0.2) is 0 Å². The maximum absolute atomic E-state index is 11.9. The van der Waals surface area contributed by atoms with Crippen LogP contribution < -0.4 is 5.73 Å². The highest BCUT2D eigenvalue weighted by Crippen LogP contribution is 2.43. The quantitative estimate of drug-likeness (QED) is 0.0959. The summed E-state index contributed by atoms with van der Waals surface area (Å²) >= 11 is 0. The zero-order chi connectivity index (χ0) is 24.5. The average Bonchev–Trinajstić information content (AvgIpc) is 2.80. The van der Waals surface area contributed by atoms with Crippen LogP contribution in [0.1, 0.15) is 117 Å². The first kappa shape index (κ1) is 33.0. The second-order valence-corrected chi connectivity index (χ2v) is 10.4. The molecule has 2 atom stereocenters. The number of rotatable bonds is 27. The van der Waals surface area contributed by atoms with Crippen LogP contribution in [0.3, 0.4) is 0 Å². The SMILES string of the molecule is CCCCCCCCCCOCC(COP(=O)(O)OCCN)OCCCCCCCCCC. The fraction of sp³-hybridized carbons (Fsp3) is 1.00. The van der Waals surface area contributed by atoms with Crippen molar-refractivity contribution >= 4 is 7.82 Å². The normalized spacial score (nSPS) is 14.4. The molecule has 0 saturated carbocycles. The van der Waals surface area contributed by atoms with Crippen LogP contribution in [0.5, 0.6) is 0 Å². The number of hydrogen-bond donors (Lipinski definition) is 2. The zero-order valence-corrected chi connectivity index (χ0v) is 22.5. The molecular formula is C25H54NO6P. The zero-order valence-electron chi connectivity index (χ0n) is 21.6. The average molecular weight is 496 g/mol. The van der Waals surface area contributed by atoms with Gasteiger partial charge in [0.25, 0.3) is 0 Å². The topological polar surface area (TPSA) is 100 Å². The van der Waals surface area contributed by atoms with Crippen molar-refractivity contribution in [2.45, 2.75) is 123 Å². The van der Waals surface area contributed by atoms with E-state index < -0.39 is 7.82 Å². The Balaban J connectivity index is 4.04. The van der Waals surface area contributed by atoms with E-state index in [0.717, 1.165) is 19.3 Å². The Hall–Kier alpha value is -0.0100. The van der Waals surface area contributed by atoms with Crippen molar-refractivity contribution in [3.63, 3.8) is 0 Å². The second kappa shape index (κ2) is 25.1. The Bertz CT molecular complexity index is 441. The van der Waals surface area contributed by atoms with E-state index in [1.807, 2.05) is 0 Å².